The lowest BCUT2D eigenvalue weighted by Gasteiger charge is -2.13. The van der Waals surface area contributed by atoms with Gasteiger partial charge in [0.2, 0.25) is 0 Å². The third-order valence-electron chi connectivity index (χ3n) is 5.34. The van der Waals surface area contributed by atoms with Crippen LogP contribution in [0.1, 0.15) is 16.2 Å². The van der Waals surface area contributed by atoms with Crippen molar-refractivity contribution in [3.8, 4) is 17.2 Å². The third kappa shape index (κ3) is 5.26. The highest BCUT2D eigenvalue weighted by Gasteiger charge is 2.12. The van der Waals surface area contributed by atoms with Crippen LogP contribution in [0.2, 0.25) is 0 Å². The standard InChI is InChI=1S/C26H27N3O4/c1-31-20-9-7-8-19(18-20)26(30)27-15-14-25-28-21-10-3-4-11-22(21)29(25)16-17-33-24-13-6-5-12-23(24)32-2/h3-13,18H,14-17H2,1-2H3,(H,27,30). The van der Waals surface area contributed by atoms with E-state index in [9.17, 15) is 4.79 Å². The van der Waals surface area contributed by atoms with E-state index in [1.807, 2.05) is 54.6 Å². The Morgan fingerprint density at radius 1 is 0.939 bits per heavy atom. The van der Waals surface area contributed by atoms with E-state index in [4.69, 9.17) is 19.2 Å². The van der Waals surface area contributed by atoms with Crippen LogP contribution < -0.4 is 19.5 Å². The van der Waals surface area contributed by atoms with Crippen LogP contribution in [-0.4, -0.2) is 42.8 Å². The summed E-state index contributed by atoms with van der Waals surface area (Å²) in [7, 11) is 3.21. The first kappa shape index (κ1) is 22.2. The molecule has 3 aromatic carbocycles. The number of methoxy groups -OCH3 is 2. The Morgan fingerprint density at radius 3 is 2.55 bits per heavy atom. The molecule has 0 saturated carbocycles. The Bertz CT molecular complexity index is 1240. The van der Waals surface area contributed by atoms with Crippen molar-refractivity contribution >= 4 is 16.9 Å². The molecule has 170 valence electrons. The number of nitrogens with zero attached hydrogens (tertiary/aromatic N) is 2. The smallest absolute Gasteiger partial charge is 0.251 e. The molecule has 0 spiro atoms. The van der Waals surface area contributed by atoms with Crippen LogP contribution >= 0.6 is 0 Å². The average molecular weight is 446 g/mol. The molecule has 0 unspecified atom stereocenters. The second-order valence-electron chi connectivity index (χ2n) is 7.41. The largest absolute Gasteiger partial charge is 0.497 e. The van der Waals surface area contributed by atoms with Crippen LogP contribution in [0, 0.1) is 0 Å². The van der Waals surface area contributed by atoms with E-state index < -0.39 is 0 Å². The fourth-order valence-corrected chi connectivity index (χ4v) is 3.70. The van der Waals surface area contributed by atoms with E-state index in [0.717, 1.165) is 16.9 Å². The number of rotatable bonds is 10. The molecule has 0 atom stereocenters. The first-order valence-corrected chi connectivity index (χ1v) is 10.8. The number of benzene rings is 3. The van der Waals surface area contributed by atoms with Crippen LogP contribution in [0.25, 0.3) is 11.0 Å². The summed E-state index contributed by atoms with van der Waals surface area (Å²) in [5, 5.41) is 2.97. The molecule has 33 heavy (non-hydrogen) atoms. The van der Waals surface area contributed by atoms with E-state index in [2.05, 4.69) is 9.88 Å². The molecule has 0 radical (unpaired) electrons. The van der Waals surface area contributed by atoms with E-state index >= 15 is 0 Å². The lowest BCUT2D eigenvalue weighted by atomic mass is 10.2. The number of fused-ring (bicyclic) bond motifs is 1. The average Bonchev–Trinajstić information content (AvgIpc) is 3.21. The number of nitrogens with one attached hydrogen (secondary N) is 1. The Labute approximate surface area is 192 Å². The van der Waals surface area contributed by atoms with Crippen LogP contribution in [0.3, 0.4) is 0 Å². The van der Waals surface area contributed by atoms with Crippen molar-refractivity contribution in [3.63, 3.8) is 0 Å². The van der Waals surface area contributed by atoms with Gasteiger partial charge < -0.3 is 24.1 Å². The zero-order valence-electron chi connectivity index (χ0n) is 18.8. The van der Waals surface area contributed by atoms with Crippen molar-refractivity contribution in [2.45, 2.75) is 13.0 Å². The van der Waals surface area contributed by atoms with Gasteiger partial charge >= 0.3 is 0 Å². The molecule has 1 heterocycles. The lowest BCUT2D eigenvalue weighted by molar-refractivity contribution is 0.0953. The molecule has 0 aliphatic carbocycles. The number of para-hydroxylation sites is 4. The van der Waals surface area contributed by atoms with Crippen LogP contribution in [0.15, 0.2) is 72.8 Å². The predicted octanol–water partition coefficient (Wildman–Crippen LogP) is 4.11. The van der Waals surface area contributed by atoms with Crippen molar-refractivity contribution in [2.24, 2.45) is 0 Å². The summed E-state index contributed by atoms with van der Waals surface area (Å²) in [5.74, 6) is 2.81. The van der Waals surface area contributed by atoms with Gasteiger partial charge in [-0.2, -0.15) is 0 Å². The summed E-state index contributed by atoms with van der Waals surface area (Å²) in [6, 6.07) is 22.7. The van der Waals surface area contributed by atoms with Gasteiger partial charge in [0.05, 0.1) is 31.8 Å². The highest BCUT2D eigenvalue weighted by Crippen LogP contribution is 2.26. The molecule has 1 aromatic heterocycles. The number of carbonyl (C=O) groups excluding carboxylic acids is 1. The highest BCUT2D eigenvalue weighted by atomic mass is 16.5. The maximum Gasteiger partial charge on any atom is 0.251 e. The predicted molar refractivity (Wildman–Crippen MR) is 127 cm³/mol. The molecular formula is C26H27N3O4. The minimum Gasteiger partial charge on any atom is -0.497 e. The molecule has 4 aromatic rings. The van der Waals surface area contributed by atoms with E-state index in [1.54, 1.807) is 32.4 Å². The number of carbonyl (C=O) groups is 1. The van der Waals surface area contributed by atoms with Gasteiger partial charge in [0.1, 0.15) is 18.2 Å². The molecule has 1 amide bonds. The maximum atomic E-state index is 12.5. The molecule has 7 heteroatoms. The van der Waals surface area contributed by atoms with Gasteiger partial charge in [-0.1, -0.05) is 30.3 Å². The van der Waals surface area contributed by atoms with Crippen molar-refractivity contribution in [2.75, 3.05) is 27.4 Å². The Hall–Kier alpha value is -4.00. The zero-order valence-corrected chi connectivity index (χ0v) is 18.8. The molecule has 0 saturated heterocycles. The van der Waals surface area contributed by atoms with Gasteiger partial charge in [-0.3, -0.25) is 4.79 Å². The fraction of sp³-hybridized carbons (Fsp3) is 0.231. The molecule has 0 aliphatic rings. The van der Waals surface area contributed by atoms with Gasteiger partial charge in [0, 0.05) is 18.5 Å². The molecule has 0 aliphatic heterocycles. The van der Waals surface area contributed by atoms with E-state index in [-0.39, 0.29) is 5.91 Å². The molecule has 1 N–H and O–H groups in total. The number of imidazole rings is 1. The molecule has 0 fully saturated rings. The van der Waals surface area contributed by atoms with Crippen LogP contribution in [-0.2, 0) is 13.0 Å². The second-order valence-corrected chi connectivity index (χ2v) is 7.41. The van der Waals surface area contributed by atoms with Crippen LogP contribution in [0.4, 0.5) is 0 Å². The Balaban J connectivity index is 1.43. The zero-order chi connectivity index (χ0) is 23.0. The van der Waals surface area contributed by atoms with Gasteiger partial charge in [-0.15, -0.1) is 0 Å². The Kier molecular flexibility index (Phi) is 7.09. The topological polar surface area (TPSA) is 74.6 Å². The summed E-state index contributed by atoms with van der Waals surface area (Å²) in [6.45, 7) is 1.55. The highest BCUT2D eigenvalue weighted by molar-refractivity contribution is 5.94. The normalized spacial score (nSPS) is 10.7. The molecular weight excluding hydrogens is 418 g/mol. The monoisotopic (exact) mass is 445 g/mol. The van der Waals surface area contributed by atoms with Gasteiger partial charge in [-0.05, 0) is 42.5 Å². The third-order valence-corrected chi connectivity index (χ3v) is 5.34. The van der Waals surface area contributed by atoms with Gasteiger partial charge in [0.25, 0.3) is 5.91 Å². The maximum absolute atomic E-state index is 12.5. The lowest BCUT2D eigenvalue weighted by Crippen LogP contribution is -2.26. The minimum absolute atomic E-state index is 0.143. The summed E-state index contributed by atoms with van der Waals surface area (Å²) in [5.41, 5.74) is 2.52. The minimum atomic E-state index is -0.143. The number of hydrogen-bond donors (Lipinski definition) is 1. The van der Waals surface area contributed by atoms with E-state index in [0.29, 0.717) is 48.9 Å². The molecule has 0 bridgehead atoms. The van der Waals surface area contributed by atoms with Crippen molar-refractivity contribution in [1.29, 1.82) is 0 Å². The summed E-state index contributed by atoms with van der Waals surface area (Å²) >= 11 is 0. The number of aromatic nitrogens is 2. The van der Waals surface area contributed by atoms with Crippen molar-refractivity contribution in [3.05, 3.63) is 84.2 Å². The Morgan fingerprint density at radius 2 is 1.73 bits per heavy atom. The first-order chi connectivity index (χ1) is 16.2. The van der Waals surface area contributed by atoms with Gasteiger partial charge in [-0.25, -0.2) is 4.98 Å². The molecule has 7 nitrogen and oxygen atoms in total. The van der Waals surface area contributed by atoms with Crippen LogP contribution in [0.5, 0.6) is 17.2 Å². The summed E-state index contributed by atoms with van der Waals surface area (Å²) in [6.07, 6.45) is 0.596. The number of hydrogen-bond acceptors (Lipinski definition) is 5. The van der Waals surface area contributed by atoms with Crippen molar-refractivity contribution in [1.82, 2.24) is 14.9 Å². The SMILES string of the molecule is COc1cccc(C(=O)NCCc2nc3ccccc3n2CCOc2ccccc2OC)c1. The summed E-state index contributed by atoms with van der Waals surface area (Å²) < 4.78 is 18.7. The van der Waals surface area contributed by atoms with E-state index in [1.165, 1.54) is 0 Å². The molecule has 4 rings (SSSR count). The number of amides is 1. The fourth-order valence-electron chi connectivity index (χ4n) is 3.70. The number of ether oxygens (including phenoxy) is 3. The van der Waals surface area contributed by atoms with Gasteiger partial charge in [0.15, 0.2) is 11.5 Å². The second kappa shape index (κ2) is 10.5. The summed E-state index contributed by atoms with van der Waals surface area (Å²) in [4.78, 5) is 17.3. The quantitative estimate of drug-likeness (QED) is 0.398. The first-order valence-electron chi connectivity index (χ1n) is 10.8. The van der Waals surface area contributed by atoms with Crippen molar-refractivity contribution < 1.29 is 19.0 Å².